The maximum absolute atomic E-state index is 5.58. The largest absolute Gasteiger partial charge is 0.490 e. The zero-order chi connectivity index (χ0) is 11.6. The molecule has 0 fully saturated rings. The van der Waals surface area contributed by atoms with Crippen molar-refractivity contribution in [1.82, 2.24) is 0 Å². The molecule has 0 aliphatic carbocycles. The minimum Gasteiger partial charge on any atom is -0.490 e. The summed E-state index contributed by atoms with van der Waals surface area (Å²) in [5.41, 5.74) is 1.40. The van der Waals surface area contributed by atoms with Gasteiger partial charge in [0.1, 0.15) is 12.4 Å². The van der Waals surface area contributed by atoms with Gasteiger partial charge in [-0.15, -0.1) is 0 Å². The molecule has 0 unspecified atom stereocenters. The lowest BCUT2D eigenvalue weighted by Crippen LogP contribution is -1.93. The van der Waals surface area contributed by atoms with Gasteiger partial charge in [-0.3, -0.25) is 0 Å². The summed E-state index contributed by atoms with van der Waals surface area (Å²) in [6.45, 7) is 5.01. The normalized spacial score (nSPS) is 10.9. The number of unbranched alkanes of at least 4 members (excludes halogenated alkanes) is 1. The summed E-state index contributed by atoms with van der Waals surface area (Å²) in [5.74, 6) is 0.959. The summed E-state index contributed by atoms with van der Waals surface area (Å²) in [6, 6.07) is 8.44. The lowest BCUT2D eigenvalue weighted by Gasteiger charge is -2.04. The SMILES string of the molecule is CCC=CCOc1ccc(CCCC)cc1. The van der Waals surface area contributed by atoms with Crippen LogP contribution in [0.3, 0.4) is 0 Å². The smallest absolute Gasteiger partial charge is 0.119 e. The standard InChI is InChI=1S/C15H22O/c1-3-5-7-13-16-15-11-9-14(10-12-15)8-6-4-2/h5,7,9-12H,3-4,6,8,13H2,1-2H3. The summed E-state index contributed by atoms with van der Waals surface area (Å²) in [4.78, 5) is 0. The van der Waals surface area contributed by atoms with Crippen LogP contribution in [0, 0.1) is 0 Å². The highest BCUT2D eigenvalue weighted by atomic mass is 16.5. The van der Waals surface area contributed by atoms with Crippen molar-refractivity contribution in [3.05, 3.63) is 42.0 Å². The zero-order valence-electron chi connectivity index (χ0n) is 10.4. The molecule has 0 saturated heterocycles. The van der Waals surface area contributed by atoms with Gasteiger partial charge in [0.05, 0.1) is 0 Å². The molecule has 0 radical (unpaired) electrons. The maximum atomic E-state index is 5.58. The molecule has 0 amide bonds. The first-order chi connectivity index (χ1) is 7.86. The highest BCUT2D eigenvalue weighted by Crippen LogP contribution is 2.13. The average molecular weight is 218 g/mol. The Balaban J connectivity index is 2.36. The lowest BCUT2D eigenvalue weighted by atomic mass is 10.1. The summed E-state index contributed by atoms with van der Waals surface area (Å²) in [5, 5.41) is 0. The third-order valence-corrected chi connectivity index (χ3v) is 2.49. The number of hydrogen-bond donors (Lipinski definition) is 0. The molecule has 0 aliphatic rings. The van der Waals surface area contributed by atoms with Gasteiger partial charge in [-0.2, -0.15) is 0 Å². The monoisotopic (exact) mass is 218 g/mol. The van der Waals surface area contributed by atoms with Crippen LogP contribution in [0.1, 0.15) is 38.7 Å². The Labute approximate surface area is 99.1 Å². The van der Waals surface area contributed by atoms with Crippen molar-refractivity contribution in [1.29, 1.82) is 0 Å². The van der Waals surface area contributed by atoms with Crippen molar-refractivity contribution in [3.63, 3.8) is 0 Å². The quantitative estimate of drug-likeness (QED) is 0.617. The fraction of sp³-hybridized carbons (Fsp3) is 0.467. The average Bonchev–Trinajstić information content (AvgIpc) is 2.33. The van der Waals surface area contributed by atoms with E-state index in [1.54, 1.807) is 0 Å². The summed E-state index contributed by atoms with van der Waals surface area (Å²) in [7, 11) is 0. The Hall–Kier alpha value is -1.24. The van der Waals surface area contributed by atoms with Gasteiger partial charge in [0, 0.05) is 0 Å². The van der Waals surface area contributed by atoms with E-state index in [0.29, 0.717) is 6.61 Å². The van der Waals surface area contributed by atoms with Crippen LogP contribution >= 0.6 is 0 Å². The van der Waals surface area contributed by atoms with E-state index in [1.165, 1.54) is 24.8 Å². The van der Waals surface area contributed by atoms with E-state index in [9.17, 15) is 0 Å². The minimum absolute atomic E-state index is 0.669. The third-order valence-electron chi connectivity index (χ3n) is 2.49. The molecular formula is C15H22O. The first-order valence-corrected chi connectivity index (χ1v) is 6.23. The van der Waals surface area contributed by atoms with E-state index >= 15 is 0 Å². The lowest BCUT2D eigenvalue weighted by molar-refractivity contribution is 0.362. The van der Waals surface area contributed by atoms with E-state index < -0.39 is 0 Å². The van der Waals surface area contributed by atoms with Crippen LogP contribution in [0.2, 0.25) is 0 Å². The van der Waals surface area contributed by atoms with Gasteiger partial charge in [-0.1, -0.05) is 44.6 Å². The summed E-state index contributed by atoms with van der Waals surface area (Å²) >= 11 is 0. The molecule has 1 aromatic rings. The molecule has 1 aromatic carbocycles. The number of ether oxygens (including phenoxy) is 1. The molecule has 0 bridgehead atoms. The molecule has 1 heteroatoms. The summed E-state index contributed by atoms with van der Waals surface area (Å²) < 4.78 is 5.58. The first-order valence-electron chi connectivity index (χ1n) is 6.23. The van der Waals surface area contributed by atoms with E-state index in [4.69, 9.17) is 4.74 Å². The molecule has 0 N–H and O–H groups in total. The molecule has 0 aliphatic heterocycles. The minimum atomic E-state index is 0.669. The Kier molecular flexibility index (Phi) is 6.39. The number of rotatable bonds is 7. The van der Waals surface area contributed by atoms with Gasteiger partial charge in [-0.25, -0.2) is 0 Å². The van der Waals surface area contributed by atoms with Crippen LogP contribution in [0.15, 0.2) is 36.4 Å². The second-order valence-electron chi connectivity index (χ2n) is 3.94. The van der Waals surface area contributed by atoms with E-state index in [1.807, 2.05) is 0 Å². The Morgan fingerprint density at radius 1 is 1.06 bits per heavy atom. The first kappa shape index (κ1) is 12.8. The van der Waals surface area contributed by atoms with Crippen LogP contribution in [0.5, 0.6) is 5.75 Å². The van der Waals surface area contributed by atoms with Crippen molar-refractivity contribution in [2.24, 2.45) is 0 Å². The zero-order valence-corrected chi connectivity index (χ0v) is 10.4. The molecule has 0 atom stereocenters. The van der Waals surface area contributed by atoms with Gasteiger partial charge in [0.25, 0.3) is 0 Å². The molecular weight excluding hydrogens is 196 g/mol. The highest BCUT2D eigenvalue weighted by molar-refractivity contribution is 5.27. The van der Waals surface area contributed by atoms with Crippen molar-refractivity contribution >= 4 is 0 Å². The molecule has 1 rings (SSSR count). The van der Waals surface area contributed by atoms with Crippen LogP contribution in [0.25, 0.3) is 0 Å². The topological polar surface area (TPSA) is 9.23 Å². The van der Waals surface area contributed by atoms with Crippen LogP contribution in [-0.2, 0) is 6.42 Å². The second kappa shape index (κ2) is 7.98. The van der Waals surface area contributed by atoms with Gasteiger partial charge in [0.2, 0.25) is 0 Å². The van der Waals surface area contributed by atoms with E-state index in [2.05, 4.69) is 50.3 Å². The van der Waals surface area contributed by atoms with Gasteiger partial charge >= 0.3 is 0 Å². The van der Waals surface area contributed by atoms with Gasteiger partial charge in [-0.05, 0) is 37.0 Å². The second-order valence-corrected chi connectivity index (χ2v) is 3.94. The molecule has 0 spiro atoms. The Morgan fingerprint density at radius 2 is 1.81 bits per heavy atom. The Bertz CT molecular complexity index is 298. The molecule has 88 valence electrons. The maximum Gasteiger partial charge on any atom is 0.119 e. The fourth-order valence-electron chi connectivity index (χ4n) is 1.51. The number of hydrogen-bond acceptors (Lipinski definition) is 1. The molecule has 0 aromatic heterocycles. The van der Waals surface area contributed by atoms with Crippen molar-refractivity contribution in [3.8, 4) is 5.75 Å². The van der Waals surface area contributed by atoms with Crippen molar-refractivity contribution in [2.75, 3.05) is 6.61 Å². The predicted molar refractivity (Wildman–Crippen MR) is 70.0 cm³/mol. The number of aryl methyl sites for hydroxylation is 1. The van der Waals surface area contributed by atoms with Gasteiger partial charge in [0.15, 0.2) is 0 Å². The molecule has 16 heavy (non-hydrogen) atoms. The molecule has 1 nitrogen and oxygen atoms in total. The predicted octanol–water partition coefficient (Wildman–Crippen LogP) is 4.37. The Morgan fingerprint density at radius 3 is 2.44 bits per heavy atom. The van der Waals surface area contributed by atoms with Crippen LogP contribution in [0.4, 0.5) is 0 Å². The molecule has 0 heterocycles. The number of benzene rings is 1. The molecule has 0 saturated carbocycles. The third kappa shape index (κ3) is 5.01. The van der Waals surface area contributed by atoms with Crippen molar-refractivity contribution < 1.29 is 4.74 Å². The highest BCUT2D eigenvalue weighted by Gasteiger charge is 1.94. The van der Waals surface area contributed by atoms with Crippen molar-refractivity contribution in [2.45, 2.75) is 39.5 Å². The van der Waals surface area contributed by atoms with Crippen LogP contribution < -0.4 is 4.74 Å². The summed E-state index contributed by atoms with van der Waals surface area (Å²) in [6.07, 6.45) is 8.94. The van der Waals surface area contributed by atoms with E-state index in [0.717, 1.165) is 12.2 Å². The van der Waals surface area contributed by atoms with Gasteiger partial charge < -0.3 is 4.74 Å². The van der Waals surface area contributed by atoms with Crippen LogP contribution in [-0.4, -0.2) is 6.61 Å². The van der Waals surface area contributed by atoms with E-state index in [-0.39, 0.29) is 0 Å². The number of allylic oxidation sites excluding steroid dienone is 1. The fourth-order valence-corrected chi connectivity index (χ4v) is 1.51.